The lowest BCUT2D eigenvalue weighted by Crippen LogP contribution is -2.46. The van der Waals surface area contributed by atoms with Crippen molar-refractivity contribution in [2.75, 3.05) is 6.54 Å². The molecule has 162 valence electrons. The number of urea groups is 1. The molecule has 4 nitrogen and oxygen atoms in total. The molecule has 4 heteroatoms. The van der Waals surface area contributed by atoms with E-state index in [2.05, 4.69) is 67.2 Å². The van der Waals surface area contributed by atoms with Crippen LogP contribution in [0.15, 0.2) is 42.6 Å². The maximum atomic E-state index is 13.5. The summed E-state index contributed by atoms with van der Waals surface area (Å²) in [6.07, 6.45) is 7.97. The minimum atomic E-state index is 0.0193. The van der Waals surface area contributed by atoms with E-state index in [1.807, 2.05) is 18.3 Å². The van der Waals surface area contributed by atoms with Crippen molar-refractivity contribution in [1.82, 2.24) is 15.2 Å². The first-order valence-corrected chi connectivity index (χ1v) is 11.5. The summed E-state index contributed by atoms with van der Waals surface area (Å²) in [5.74, 6) is 0.866. The second kappa shape index (κ2) is 10.6. The number of nitrogens with one attached hydrogen (secondary N) is 1. The van der Waals surface area contributed by atoms with Crippen LogP contribution in [0.25, 0.3) is 0 Å². The number of benzene rings is 1. The molecule has 2 aromatic rings. The molecule has 1 aliphatic carbocycles. The largest absolute Gasteiger partial charge is 0.334 e. The van der Waals surface area contributed by atoms with Gasteiger partial charge < -0.3 is 10.2 Å². The zero-order valence-electron chi connectivity index (χ0n) is 19.0. The van der Waals surface area contributed by atoms with Gasteiger partial charge >= 0.3 is 6.03 Å². The second-order valence-corrected chi connectivity index (χ2v) is 9.16. The Bertz CT molecular complexity index is 812. The molecule has 0 spiro atoms. The van der Waals surface area contributed by atoms with Gasteiger partial charge in [-0.15, -0.1) is 0 Å². The van der Waals surface area contributed by atoms with Crippen LogP contribution >= 0.6 is 0 Å². The van der Waals surface area contributed by atoms with Crippen molar-refractivity contribution in [2.45, 2.75) is 72.4 Å². The van der Waals surface area contributed by atoms with Crippen molar-refractivity contribution in [3.63, 3.8) is 0 Å². The first kappa shape index (κ1) is 22.3. The fraction of sp³-hybridized carbons (Fsp3) is 0.538. The van der Waals surface area contributed by atoms with E-state index < -0.39 is 0 Å². The van der Waals surface area contributed by atoms with E-state index in [-0.39, 0.29) is 12.1 Å². The van der Waals surface area contributed by atoms with Crippen LogP contribution in [0.4, 0.5) is 4.79 Å². The number of amides is 2. The van der Waals surface area contributed by atoms with Gasteiger partial charge in [0.2, 0.25) is 0 Å². The summed E-state index contributed by atoms with van der Waals surface area (Å²) < 4.78 is 0. The quantitative estimate of drug-likeness (QED) is 0.595. The molecule has 1 aromatic heterocycles. The van der Waals surface area contributed by atoms with Gasteiger partial charge in [0.15, 0.2) is 0 Å². The molecular weight excluding hydrogens is 370 g/mol. The molecular formula is C26H37N3O. The molecule has 0 radical (unpaired) electrons. The average Bonchev–Trinajstić information content (AvgIpc) is 2.75. The number of carbonyl (C=O) groups excluding carboxylic acids is 1. The molecule has 1 unspecified atom stereocenters. The fourth-order valence-corrected chi connectivity index (χ4v) is 4.65. The molecule has 1 heterocycles. The Balaban J connectivity index is 1.85. The van der Waals surface area contributed by atoms with E-state index in [1.54, 1.807) is 0 Å². The van der Waals surface area contributed by atoms with Crippen molar-refractivity contribution < 1.29 is 4.79 Å². The highest BCUT2D eigenvalue weighted by atomic mass is 16.2. The minimum Gasteiger partial charge on any atom is -0.334 e. The van der Waals surface area contributed by atoms with Gasteiger partial charge in [-0.2, -0.15) is 0 Å². The van der Waals surface area contributed by atoms with Gasteiger partial charge in [-0.25, -0.2) is 4.79 Å². The number of hydrogen-bond donors (Lipinski definition) is 1. The maximum Gasteiger partial charge on any atom is 0.318 e. The summed E-state index contributed by atoms with van der Waals surface area (Å²) in [5.41, 5.74) is 4.71. The van der Waals surface area contributed by atoms with Crippen molar-refractivity contribution in [2.24, 2.45) is 11.8 Å². The highest BCUT2D eigenvalue weighted by Crippen LogP contribution is 2.38. The first-order valence-electron chi connectivity index (χ1n) is 11.5. The molecule has 0 saturated heterocycles. The molecule has 0 bridgehead atoms. The molecule has 3 rings (SSSR count). The first-order chi connectivity index (χ1) is 14.5. The van der Waals surface area contributed by atoms with Gasteiger partial charge in [0.25, 0.3) is 0 Å². The second-order valence-electron chi connectivity index (χ2n) is 9.16. The lowest BCUT2D eigenvalue weighted by molar-refractivity contribution is 0.118. The van der Waals surface area contributed by atoms with Crippen molar-refractivity contribution in [3.8, 4) is 0 Å². The van der Waals surface area contributed by atoms with Crippen LogP contribution in [-0.4, -0.2) is 22.5 Å². The minimum absolute atomic E-state index is 0.0193. The molecule has 30 heavy (non-hydrogen) atoms. The number of pyridine rings is 1. The van der Waals surface area contributed by atoms with Gasteiger partial charge in [-0.1, -0.05) is 57.4 Å². The smallest absolute Gasteiger partial charge is 0.318 e. The predicted octanol–water partition coefficient (Wildman–Crippen LogP) is 6.19. The number of nitrogens with zero attached hydrogens (tertiary/aromatic N) is 2. The van der Waals surface area contributed by atoms with E-state index in [4.69, 9.17) is 0 Å². The Hall–Kier alpha value is -2.36. The molecule has 1 N–H and O–H groups in total. The Labute approximate surface area is 182 Å². The SMILES string of the molecule is Cc1cccc(CNC(=O)N(CC(C)C)C(c2ccccn2)C2CCCCC2)c1C. The van der Waals surface area contributed by atoms with Gasteiger partial charge in [-0.3, -0.25) is 4.98 Å². The molecule has 1 atom stereocenters. The monoisotopic (exact) mass is 407 g/mol. The lowest BCUT2D eigenvalue weighted by atomic mass is 9.81. The number of aromatic nitrogens is 1. The van der Waals surface area contributed by atoms with E-state index in [9.17, 15) is 4.79 Å². The van der Waals surface area contributed by atoms with Crippen LogP contribution in [-0.2, 0) is 6.54 Å². The summed E-state index contributed by atoms with van der Waals surface area (Å²) >= 11 is 0. The molecule has 1 saturated carbocycles. The van der Waals surface area contributed by atoms with Crippen LogP contribution < -0.4 is 5.32 Å². The standard InChI is InChI=1S/C26H37N3O/c1-19(2)18-29(26(30)28-17-23-14-10-11-20(3)21(23)4)25(22-12-6-5-7-13-22)24-15-8-9-16-27-24/h8-11,14-16,19,22,25H,5-7,12-13,17-18H2,1-4H3,(H,28,30). The van der Waals surface area contributed by atoms with Crippen molar-refractivity contribution in [3.05, 3.63) is 65.0 Å². The van der Waals surface area contributed by atoms with Crippen LogP contribution in [0.5, 0.6) is 0 Å². The zero-order chi connectivity index (χ0) is 21.5. The zero-order valence-corrected chi connectivity index (χ0v) is 19.0. The highest BCUT2D eigenvalue weighted by Gasteiger charge is 2.34. The molecule has 1 fully saturated rings. The van der Waals surface area contributed by atoms with Gasteiger partial charge in [0.1, 0.15) is 0 Å². The lowest BCUT2D eigenvalue weighted by Gasteiger charge is -2.39. The Kier molecular flexibility index (Phi) is 7.89. The van der Waals surface area contributed by atoms with Gasteiger partial charge in [0.05, 0.1) is 11.7 Å². The molecule has 1 aromatic carbocycles. The van der Waals surface area contributed by atoms with Crippen LogP contribution in [0.3, 0.4) is 0 Å². The molecule has 1 aliphatic rings. The Morgan fingerprint density at radius 2 is 1.87 bits per heavy atom. The molecule has 2 amide bonds. The third-order valence-electron chi connectivity index (χ3n) is 6.39. The van der Waals surface area contributed by atoms with E-state index in [0.29, 0.717) is 18.4 Å². The number of rotatable bonds is 7. The third kappa shape index (κ3) is 5.62. The average molecular weight is 408 g/mol. The summed E-state index contributed by atoms with van der Waals surface area (Å²) in [6, 6.07) is 12.4. The third-order valence-corrected chi connectivity index (χ3v) is 6.39. The fourth-order valence-electron chi connectivity index (χ4n) is 4.65. The van der Waals surface area contributed by atoms with E-state index in [0.717, 1.165) is 12.2 Å². The summed E-state index contributed by atoms with van der Waals surface area (Å²) in [5, 5.41) is 3.22. The number of hydrogen-bond acceptors (Lipinski definition) is 2. The van der Waals surface area contributed by atoms with Gasteiger partial charge in [-0.05, 0) is 67.3 Å². The topological polar surface area (TPSA) is 45.2 Å². The Morgan fingerprint density at radius 1 is 1.10 bits per heavy atom. The van der Waals surface area contributed by atoms with Crippen LogP contribution in [0.2, 0.25) is 0 Å². The summed E-state index contributed by atoms with van der Waals surface area (Å²) in [7, 11) is 0. The van der Waals surface area contributed by atoms with Crippen molar-refractivity contribution in [1.29, 1.82) is 0 Å². The van der Waals surface area contributed by atoms with E-state index >= 15 is 0 Å². The Morgan fingerprint density at radius 3 is 2.53 bits per heavy atom. The molecule has 0 aliphatic heterocycles. The number of carbonyl (C=O) groups is 1. The van der Waals surface area contributed by atoms with E-state index in [1.165, 1.54) is 48.8 Å². The number of aryl methyl sites for hydroxylation is 1. The summed E-state index contributed by atoms with van der Waals surface area (Å²) in [6.45, 7) is 9.90. The van der Waals surface area contributed by atoms with Crippen LogP contribution in [0.1, 0.15) is 74.4 Å². The maximum absolute atomic E-state index is 13.5. The predicted molar refractivity (Wildman–Crippen MR) is 123 cm³/mol. The van der Waals surface area contributed by atoms with Gasteiger partial charge in [0, 0.05) is 19.3 Å². The normalized spacial score (nSPS) is 15.8. The highest BCUT2D eigenvalue weighted by molar-refractivity contribution is 5.75. The van der Waals surface area contributed by atoms with Crippen molar-refractivity contribution >= 4 is 6.03 Å². The summed E-state index contributed by atoms with van der Waals surface area (Å²) in [4.78, 5) is 20.2. The van der Waals surface area contributed by atoms with Crippen LogP contribution in [0, 0.1) is 25.7 Å².